The van der Waals surface area contributed by atoms with Crippen LogP contribution >= 0.6 is 0 Å². The lowest BCUT2D eigenvalue weighted by molar-refractivity contribution is 1.06. The Morgan fingerprint density at radius 2 is 1.81 bits per heavy atom. The van der Waals surface area contributed by atoms with Gasteiger partial charge in [0.25, 0.3) is 0 Å². The molecule has 4 aromatic heterocycles. The highest BCUT2D eigenvalue weighted by Crippen LogP contribution is 2.19. The fourth-order valence-corrected chi connectivity index (χ4v) is 2.92. The summed E-state index contributed by atoms with van der Waals surface area (Å²) in [7, 11) is 16.7. The van der Waals surface area contributed by atoms with Crippen molar-refractivity contribution in [1.29, 1.82) is 0 Å². The summed E-state index contributed by atoms with van der Waals surface area (Å²) in [6.07, 6.45) is 13.8. The smallest absolute Gasteiger partial charge is 0.236 e. The fourth-order valence-electron chi connectivity index (χ4n) is 2.92. The van der Waals surface area contributed by atoms with Crippen molar-refractivity contribution >= 4 is 63.2 Å². The highest BCUT2D eigenvalue weighted by atomic mass is 15.1. The van der Waals surface area contributed by atoms with Crippen LogP contribution in [0.3, 0.4) is 0 Å². The molecule has 0 bridgehead atoms. The molecule has 0 fully saturated rings. The number of anilines is 1. The van der Waals surface area contributed by atoms with Gasteiger partial charge in [-0.3, -0.25) is 0 Å². The molecule has 1 aliphatic heterocycles. The number of aromatic amines is 1. The second kappa shape index (κ2) is 9.29. The number of imidazole rings is 1. The number of aromatic nitrogens is 7. The third kappa shape index (κ3) is 4.83. The van der Waals surface area contributed by atoms with Gasteiger partial charge < -0.3 is 14.3 Å². The van der Waals surface area contributed by atoms with Crippen LogP contribution in [-0.2, 0) is 0 Å². The third-order valence-electron chi connectivity index (χ3n) is 4.41. The van der Waals surface area contributed by atoms with Crippen molar-refractivity contribution in [2.75, 3.05) is 11.4 Å². The van der Waals surface area contributed by atoms with E-state index in [0.29, 0.717) is 6.54 Å². The number of H-pyrrole nitrogens is 1. The van der Waals surface area contributed by atoms with Crippen molar-refractivity contribution in [3.05, 3.63) is 73.5 Å². The molecule has 5 heterocycles. The molecule has 31 heavy (non-hydrogen) atoms. The Morgan fingerprint density at radius 3 is 2.65 bits per heavy atom. The lowest BCUT2D eigenvalue weighted by atomic mass is 9.96. The molecule has 1 N–H and O–H groups in total. The van der Waals surface area contributed by atoms with Gasteiger partial charge >= 0.3 is 0 Å². The number of benzene rings is 1. The molecule has 0 saturated heterocycles. The van der Waals surface area contributed by atoms with Gasteiger partial charge in [0.15, 0.2) is 0 Å². The molecule has 0 atom stereocenters. The lowest BCUT2D eigenvalue weighted by Gasteiger charge is -2.21. The Hall–Kier alpha value is -3.88. The zero-order valence-electron chi connectivity index (χ0n) is 16.5. The molecular formula is C20H15B3N8. The van der Waals surface area contributed by atoms with Crippen LogP contribution in [0.4, 0.5) is 5.82 Å². The van der Waals surface area contributed by atoms with Gasteiger partial charge in [0.05, 0.1) is 17.4 Å². The predicted molar refractivity (Wildman–Crippen MR) is 124 cm³/mol. The SMILES string of the molecule is [B]N1CC=Cc2cncnc21.[B]c1ccc2nc[nH]c2c1.[B]n1ccc2cncnc21. The predicted octanol–water partition coefficient (Wildman–Crippen LogP) is 1.11. The first-order valence-corrected chi connectivity index (χ1v) is 9.31. The summed E-state index contributed by atoms with van der Waals surface area (Å²) in [5.41, 5.74) is 4.43. The summed E-state index contributed by atoms with van der Waals surface area (Å²) >= 11 is 0. The maximum Gasteiger partial charge on any atom is 0.236 e. The average molecular weight is 400 g/mol. The molecule has 0 amide bonds. The van der Waals surface area contributed by atoms with Gasteiger partial charge in [-0.15, -0.1) is 0 Å². The highest BCUT2D eigenvalue weighted by molar-refractivity contribution is 6.33. The molecule has 1 aliphatic rings. The van der Waals surface area contributed by atoms with E-state index in [2.05, 4.69) is 29.9 Å². The number of fused-ring (bicyclic) bond motifs is 3. The van der Waals surface area contributed by atoms with Crippen LogP contribution < -0.4 is 10.3 Å². The number of rotatable bonds is 0. The van der Waals surface area contributed by atoms with Crippen LogP contribution in [0.5, 0.6) is 0 Å². The maximum absolute atomic E-state index is 5.64. The molecule has 0 saturated carbocycles. The molecule has 8 nitrogen and oxygen atoms in total. The topological polar surface area (TPSA) is 88.4 Å². The lowest BCUT2D eigenvalue weighted by Crippen LogP contribution is -2.23. The number of hydrogen-bond acceptors (Lipinski definition) is 6. The zero-order valence-corrected chi connectivity index (χ0v) is 16.5. The molecule has 144 valence electrons. The van der Waals surface area contributed by atoms with Crippen LogP contribution in [0.2, 0.25) is 0 Å². The Labute approximate surface area is 182 Å². The minimum Gasteiger partial charge on any atom is -0.406 e. The summed E-state index contributed by atoms with van der Waals surface area (Å²) in [5, 5.41) is 0.963. The Balaban J connectivity index is 0.000000112. The van der Waals surface area contributed by atoms with Crippen LogP contribution in [0.15, 0.2) is 67.9 Å². The van der Waals surface area contributed by atoms with Gasteiger partial charge in [-0.1, -0.05) is 23.7 Å². The van der Waals surface area contributed by atoms with Crippen LogP contribution in [0.25, 0.3) is 28.1 Å². The summed E-state index contributed by atoms with van der Waals surface area (Å²) < 4.78 is 1.47. The molecule has 0 spiro atoms. The van der Waals surface area contributed by atoms with E-state index in [9.17, 15) is 0 Å². The first-order chi connectivity index (χ1) is 15.1. The molecule has 11 heteroatoms. The summed E-state index contributed by atoms with van der Waals surface area (Å²) in [5.74, 6) is 0.794. The van der Waals surface area contributed by atoms with Crippen molar-refractivity contribution < 1.29 is 0 Å². The Bertz CT molecular complexity index is 1330. The van der Waals surface area contributed by atoms with Gasteiger partial charge in [-0.05, 0) is 24.4 Å². The van der Waals surface area contributed by atoms with Crippen molar-refractivity contribution in [3.8, 4) is 0 Å². The third-order valence-corrected chi connectivity index (χ3v) is 4.41. The Kier molecular flexibility index (Phi) is 6.12. The van der Waals surface area contributed by atoms with E-state index in [1.165, 1.54) is 17.1 Å². The zero-order chi connectivity index (χ0) is 21.6. The van der Waals surface area contributed by atoms with E-state index in [4.69, 9.17) is 23.8 Å². The number of nitrogens with zero attached hydrogens (tertiary/aromatic N) is 7. The molecule has 5 aromatic rings. The van der Waals surface area contributed by atoms with Crippen molar-refractivity contribution in [1.82, 2.24) is 34.4 Å². The molecule has 6 rings (SSSR count). The molecule has 0 aliphatic carbocycles. The second-order valence-electron chi connectivity index (χ2n) is 6.56. The van der Waals surface area contributed by atoms with Crippen LogP contribution in [0, 0.1) is 0 Å². The monoisotopic (exact) mass is 400 g/mol. The quantitative estimate of drug-likeness (QED) is 0.392. The highest BCUT2D eigenvalue weighted by Gasteiger charge is 2.08. The first-order valence-electron chi connectivity index (χ1n) is 9.31. The van der Waals surface area contributed by atoms with Crippen LogP contribution in [-0.4, -0.2) is 64.7 Å². The van der Waals surface area contributed by atoms with Crippen molar-refractivity contribution in [2.24, 2.45) is 0 Å². The normalized spacial score (nSPS) is 11.9. The Morgan fingerprint density at radius 1 is 0.968 bits per heavy atom. The molecule has 6 radical (unpaired) electrons. The number of nitrogens with one attached hydrogen (secondary N) is 1. The van der Waals surface area contributed by atoms with Gasteiger partial charge in [-0.2, -0.15) is 0 Å². The first kappa shape index (κ1) is 20.4. The molecule has 0 unspecified atom stereocenters. The maximum atomic E-state index is 5.64. The van der Waals surface area contributed by atoms with Crippen molar-refractivity contribution in [2.45, 2.75) is 0 Å². The fraction of sp³-hybridized carbons (Fsp3) is 0.0500. The van der Waals surface area contributed by atoms with E-state index in [0.717, 1.165) is 38.9 Å². The summed E-state index contributed by atoms with van der Waals surface area (Å²) in [6, 6.07) is 7.46. The van der Waals surface area contributed by atoms with E-state index in [1.807, 2.05) is 36.4 Å². The minimum atomic E-state index is 0.712. The second-order valence-corrected chi connectivity index (χ2v) is 6.56. The van der Waals surface area contributed by atoms with Crippen LogP contribution in [0.1, 0.15) is 5.56 Å². The van der Waals surface area contributed by atoms with E-state index >= 15 is 0 Å². The van der Waals surface area contributed by atoms with Gasteiger partial charge in [0.2, 0.25) is 16.0 Å². The van der Waals surface area contributed by atoms with Gasteiger partial charge in [-0.25, -0.2) is 24.9 Å². The van der Waals surface area contributed by atoms with E-state index in [1.54, 1.807) is 29.7 Å². The van der Waals surface area contributed by atoms with E-state index in [-0.39, 0.29) is 0 Å². The minimum absolute atomic E-state index is 0.712. The molecule has 1 aromatic carbocycles. The summed E-state index contributed by atoms with van der Waals surface area (Å²) in [4.78, 5) is 24.4. The summed E-state index contributed by atoms with van der Waals surface area (Å²) in [6.45, 7) is 0.712. The molecular weight excluding hydrogens is 385 g/mol. The number of hydrogen-bond donors (Lipinski definition) is 1. The standard InChI is InChI=1S/C7H6BN3.C7H5BN2.C6H4BN3/c8-11-3-1-2-6-4-9-5-10-7(6)11;8-5-1-2-6-7(3-5)10-4-9-6;7-10-2-1-5-3-8-4-9-6(5)10/h1-2,4-5H,3H2;1-4H,(H,9,10);1-4H. The van der Waals surface area contributed by atoms with Crippen molar-refractivity contribution in [3.63, 3.8) is 0 Å². The van der Waals surface area contributed by atoms with Gasteiger partial charge in [0, 0.05) is 29.9 Å². The average Bonchev–Trinajstić information content (AvgIpc) is 3.42. The van der Waals surface area contributed by atoms with E-state index < -0.39 is 0 Å². The van der Waals surface area contributed by atoms with Gasteiger partial charge in [0.1, 0.15) is 32.0 Å². The largest absolute Gasteiger partial charge is 0.406 e.